The lowest BCUT2D eigenvalue weighted by Crippen LogP contribution is -2.29. The fraction of sp³-hybridized carbons (Fsp3) is 0.0476. The van der Waals surface area contributed by atoms with Crippen molar-refractivity contribution in [3.63, 3.8) is 0 Å². The molecule has 110 valence electrons. The average Bonchev–Trinajstić information content (AvgIpc) is 2.62. The summed E-state index contributed by atoms with van der Waals surface area (Å²) in [6.07, 6.45) is 8.40. The Kier molecular flexibility index (Phi) is 3.35. The molecule has 4 rings (SSSR count). The first-order valence-electron chi connectivity index (χ1n) is 7.76. The van der Waals surface area contributed by atoms with Crippen molar-refractivity contribution in [2.24, 2.45) is 7.05 Å². The van der Waals surface area contributed by atoms with Crippen LogP contribution in [0.25, 0.3) is 27.6 Å². The quantitative estimate of drug-likeness (QED) is 0.500. The lowest BCUT2D eigenvalue weighted by molar-refractivity contribution is -0.671. The van der Waals surface area contributed by atoms with Gasteiger partial charge in [-0.2, -0.15) is 4.57 Å². The minimum atomic E-state index is 1.20. The van der Waals surface area contributed by atoms with E-state index in [0.717, 1.165) is 0 Å². The van der Waals surface area contributed by atoms with E-state index in [4.69, 9.17) is 0 Å². The summed E-state index contributed by atoms with van der Waals surface area (Å²) in [5, 5.41) is 2.52. The van der Waals surface area contributed by atoms with Crippen molar-refractivity contribution in [2.45, 2.75) is 0 Å². The summed E-state index contributed by atoms with van der Waals surface area (Å²) in [5.74, 6) is 0. The van der Waals surface area contributed by atoms with E-state index in [9.17, 15) is 0 Å². The molecule has 2 aromatic carbocycles. The van der Waals surface area contributed by atoms with Crippen molar-refractivity contribution in [1.29, 1.82) is 0 Å². The van der Waals surface area contributed by atoms with Gasteiger partial charge in [0.25, 0.3) is 0 Å². The molecule has 2 heterocycles. The molecule has 0 radical (unpaired) electrons. The Hall–Kier alpha value is -3.00. The van der Waals surface area contributed by atoms with Crippen molar-refractivity contribution < 1.29 is 9.13 Å². The fourth-order valence-corrected chi connectivity index (χ4v) is 2.91. The minimum absolute atomic E-state index is 1.20. The zero-order valence-corrected chi connectivity index (χ0v) is 13.1. The maximum Gasteiger partial charge on any atom is 0.218 e. The third-order valence-corrected chi connectivity index (χ3v) is 4.19. The fourth-order valence-electron chi connectivity index (χ4n) is 2.91. The third kappa shape index (κ3) is 2.59. The SMILES string of the molecule is C[n+]1ccc(-c2cc[n+](-c3cccc4ccccc34)cc2)cc1. The second-order valence-corrected chi connectivity index (χ2v) is 5.74. The number of aromatic nitrogens is 2. The Balaban J connectivity index is 1.77. The second-order valence-electron chi connectivity index (χ2n) is 5.74. The topological polar surface area (TPSA) is 7.76 Å². The third-order valence-electron chi connectivity index (χ3n) is 4.19. The molecule has 0 saturated heterocycles. The first-order valence-corrected chi connectivity index (χ1v) is 7.76. The number of fused-ring (bicyclic) bond motifs is 1. The molecule has 0 aliphatic carbocycles. The molecule has 0 amide bonds. The number of pyridine rings is 2. The van der Waals surface area contributed by atoms with Crippen LogP contribution < -0.4 is 9.13 Å². The maximum atomic E-state index is 2.18. The predicted octanol–water partition coefficient (Wildman–Crippen LogP) is 3.61. The Labute approximate surface area is 135 Å². The zero-order chi connectivity index (χ0) is 15.6. The summed E-state index contributed by atoms with van der Waals surface area (Å²) >= 11 is 0. The molecular weight excluding hydrogens is 280 g/mol. The van der Waals surface area contributed by atoms with Gasteiger partial charge in [0, 0.05) is 30.3 Å². The molecule has 2 aromatic heterocycles. The van der Waals surface area contributed by atoms with E-state index in [0.29, 0.717) is 0 Å². The van der Waals surface area contributed by atoms with E-state index in [-0.39, 0.29) is 0 Å². The van der Waals surface area contributed by atoms with Crippen LogP contribution in [0.1, 0.15) is 0 Å². The summed E-state index contributed by atoms with van der Waals surface area (Å²) in [6.45, 7) is 0. The number of hydrogen-bond donors (Lipinski definition) is 0. The van der Waals surface area contributed by atoms with Crippen LogP contribution in [0.15, 0.2) is 91.5 Å². The highest BCUT2D eigenvalue weighted by Gasteiger charge is 2.10. The number of benzene rings is 2. The molecule has 0 spiro atoms. The highest BCUT2D eigenvalue weighted by atomic mass is 14.9. The van der Waals surface area contributed by atoms with Gasteiger partial charge in [-0.15, -0.1) is 0 Å². The largest absolute Gasteiger partial charge is 0.218 e. The lowest BCUT2D eigenvalue weighted by atomic mass is 10.1. The van der Waals surface area contributed by atoms with Crippen molar-refractivity contribution in [3.05, 3.63) is 91.5 Å². The van der Waals surface area contributed by atoms with Crippen LogP contribution in [-0.4, -0.2) is 0 Å². The predicted molar refractivity (Wildman–Crippen MR) is 92.1 cm³/mol. The van der Waals surface area contributed by atoms with Gasteiger partial charge in [0.1, 0.15) is 7.05 Å². The van der Waals surface area contributed by atoms with E-state index in [1.165, 1.54) is 27.6 Å². The van der Waals surface area contributed by atoms with Crippen LogP contribution >= 0.6 is 0 Å². The van der Waals surface area contributed by atoms with E-state index >= 15 is 0 Å². The number of rotatable bonds is 2. The van der Waals surface area contributed by atoms with Crippen LogP contribution in [0.2, 0.25) is 0 Å². The van der Waals surface area contributed by atoms with Gasteiger partial charge in [-0.05, 0) is 22.6 Å². The monoisotopic (exact) mass is 298 g/mol. The molecule has 0 bridgehead atoms. The van der Waals surface area contributed by atoms with E-state index in [1.54, 1.807) is 0 Å². The number of nitrogens with zero attached hydrogens (tertiary/aromatic N) is 2. The first-order chi connectivity index (χ1) is 11.3. The Morgan fingerprint density at radius 1 is 0.609 bits per heavy atom. The first kappa shape index (κ1) is 13.6. The minimum Gasteiger partial charge on any atom is -0.208 e. The summed E-state index contributed by atoms with van der Waals surface area (Å²) in [7, 11) is 2.03. The van der Waals surface area contributed by atoms with E-state index in [2.05, 4.69) is 96.1 Å². The molecule has 0 fully saturated rings. The molecule has 2 nitrogen and oxygen atoms in total. The van der Waals surface area contributed by atoms with Crippen molar-refractivity contribution in [1.82, 2.24) is 0 Å². The van der Waals surface area contributed by atoms with Gasteiger partial charge in [0.05, 0.1) is 5.39 Å². The lowest BCUT2D eigenvalue weighted by Gasteiger charge is -2.03. The molecule has 0 N–H and O–H groups in total. The normalized spacial score (nSPS) is 10.8. The number of hydrogen-bond acceptors (Lipinski definition) is 0. The molecule has 0 saturated carbocycles. The maximum absolute atomic E-state index is 2.18. The van der Waals surface area contributed by atoms with Crippen LogP contribution in [0.5, 0.6) is 0 Å². The molecule has 0 unspecified atom stereocenters. The Morgan fingerprint density at radius 3 is 1.96 bits per heavy atom. The van der Waals surface area contributed by atoms with E-state index < -0.39 is 0 Å². The van der Waals surface area contributed by atoms with Crippen LogP contribution in [0.3, 0.4) is 0 Å². The van der Waals surface area contributed by atoms with Crippen molar-refractivity contribution in [3.8, 4) is 16.8 Å². The van der Waals surface area contributed by atoms with E-state index in [1.807, 2.05) is 11.6 Å². The van der Waals surface area contributed by atoms with Gasteiger partial charge in [-0.1, -0.05) is 30.3 Å². The van der Waals surface area contributed by atoms with Gasteiger partial charge in [-0.25, -0.2) is 4.57 Å². The highest BCUT2D eigenvalue weighted by Crippen LogP contribution is 2.20. The molecule has 4 aromatic rings. The number of aryl methyl sites for hydroxylation is 1. The highest BCUT2D eigenvalue weighted by molar-refractivity contribution is 5.88. The molecular formula is C21H18N2+2. The Bertz CT molecular complexity index is 950. The smallest absolute Gasteiger partial charge is 0.208 e. The summed E-state index contributed by atoms with van der Waals surface area (Å²) < 4.78 is 4.22. The zero-order valence-electron chi connectivity index (χ0n) is 13.1. The van der Waals surface area contributed by atoms with Gasteiger partial charge in [0.2, 0.25) is 5.69 Å². The summed E-state index contributed by atoms with van der Waals surface area (Å²) in [4.78, 5) is 0. The molecule has 0 atom stereocenters. The van der Waals surface area contributed by atoms with Crippen LogP contribution in [0.4, 0.5) is 0 Å². The molecule has 0 aliphatic heterocycles. The van der Waals surface area contributed by atoms with Gasteiger partial charge in [-0.3, -0.25) is 0 Å². The van der Waals surface area contributed by atoms with Crippen LogP contribution in [0, 0.1) is 0 Å². The Morgan fingerprint density at radius 2 is 1.22 bits per heavy atom. The standard InChI is InChI=1S/C21H18N2/c1-22-13-9-17(10-14-22)18-11-15-23(16-12-18)21-8-4-6-19-5-2-3-7-20(19)21/h2-16H,1H3/q+2. The molecule has 23 heavy (non-hydrogen) atoms. The van der Waals surface area contributed by atoms with Crippen molar-refractivity contribution >= 4 is 10.8 Å². The molecule has 2 heteroatoms. The summed E-state index contributed by atoms with van der Waals surface area (Å²) in [6, 6.07) is 23.5. The van der Waals surface area contributed by atoms with Gasteiger partial charge < -0.3 is 0 Å². The average molecular weight is 298 g/mol. The summed E-state index contributed by atoms with van der Waals surface area (Å²) in [5.41, 5.74) is 3.66. The van der Waals surface area contributed by atoms with Gasteiger partial charge in [0.15, 0.2) is 24.8 Å². The van der Waals surface area contributed by atoms with Gasteiger partial charge >= 0.3 is 0 Å². The second kappa shape index (κ2) is 5.65. The van der Waals surface area contributed by atoms with Crippen molar-refractivity contribution in [2.75, 3.05) is 0 Å². The molecule has 0 aliphatic rings. The van der Waals surface area contributed by atoms with Crippen LogP contribution in [-0.2, 0) is 7.05 Å².